The minimum Gasteiger partial charge on any atom is -0.354 e. The van der Waals surface area contributed by atoms with Crippen LogP contribution in [0.4, 0.5) is 4.79 Å². The summed E-state index contributed by atoms with van der Waals surface area (Å²) in [6, 6.07) is 3.10. The van der Waals surface area contributed by atoms with Crippen LogP contribution in [0, 0.1) is 5.92 Å². The van der Waals surface area contributed by atoms with Gasteiger partial charge >= 0.3 is 6.03 Å². The van der Waals surface area contributed by atoms with E-state index in [1.165, 1.54) is 0 Å². The molecule has 2 fully saturated rings. The van der Waals surface area contributed by atoms with Gasteiger partial charge in [-0.15, -0.1) is 0 Å². The van der Waals surface area contributed by atoms with Crippen molar-refractivity contribution in [2.24, 2.45) is 5.92 Å². The Morgan fingerprint density at radius 3 is 2.53 bits per heavy atom. The monoisotopic (exact) mass is 415 g/mol. The summed E-state index contributed by atoms with van der Waals surface area (Å²) in [6.07, 6.45) is 7.51. The first-order valence-corrected chi connectivity index (χ1v) is 10.5. The van der Waals surface area contributed by atoms with Crippen LogP contribution >= 0.6 is 0 Å². The Kier molecular flexibility index (Phi) is 7.02. The summed E-state index contributed by atoms with van der Waals surface area (Å²) < 4.78 is 0. The van der Waals surface area contributed by atoms with E-state index in [9.17, 15) is 19.2 Å². The zero-order valence-electron chi connectivity index (χ0n) is 17.3. The second kappa shape index (κ2) is 9.69. The third-order valence-corrected chi connectivity index (χ3v) is 6.00. The van der Waals surface area contributed by atoms with Crippen molar-refractivity contribution in [1.82, 2.24) is 25.8 Å². The molecular formula is C21H29N5O4. The summed E-state index contributed by atoms with van der Waals surface area (Å²) in [4.78, 5) is 54.1. The zero-order valence-corrected chi connectivity index (χ0v) is 17.3. The van der Waals surface area contributed by atoms with Gasteiger partial charge in [0, 0.05) is 31.9 Å². The van der Waals surface area contributed by atoms with Crippen LogP contribution in [0.15, 0.2) is 24.5 Å². The first-order chi connectivity index (χ1) is 14.4. The van der Waals surface area contributed by atoms with Crippen LogP contribution in [0.5, 0.6) is 0 Å². The number of amides is 5. The van der Waals surface area contributed by atoms with Gasteiger partial charge in [0.1, 0.15) is 12.1 Å². The fraction of sp³-hybridized carbons (Fsp3) is 0.571. The van der Waals surface area contributed by atoms with Crippen LogP contribution in [0.3, 0.4) is 0 Å². The van der Waals surface area contributed by atoms with Gasteiger partial charge in [-0.05, 0) is 49.3 Å². The van der Waals surface area contributed by atoms with Gasteiger partial charge in [0.15, 0.2) is 0 Å². The minimum absolute atomic E-state index is 0.110. The van der Waals surface area contributed by atoms with Gasteiger partial charge in [-0.1, -0.05) is 13.3 Å². The first-order valence-electron chi connectivity index (χ1n) is 10.5. The van der Waals surface area contributed by atoms with Gasteiger partial charge in [-0.2, -0.15) is 0 Å². The van der Waals surface area contributed by atoms with Gasteiger partial charge in [0.25, 0.3) is 5.91 Å². The van der Waals surface area contributed by atoms with E-state index in [0.29, 0.717) is 25.3 Å². The van der Waals surface area contributed by atoms with Crippen molar-refractivity contribution in [3.63, 3.8) is 0 Å². The highest BCUT2D eigenvalue weighted by atomic mass is 16.2. The third-order valence-electron chi connectivity index (χ3n) is 6.00. The quantitative estimate of drug-likeness (QED) is 0.549. The Balaban J connectivity index is 1.40. The molecule has 162 valence electrons. The van der Waals surface area contributed by atoms with Gasteiger partial charge in [0.05, 0.1) is 0 Å². The molecular weight excluding hydrogens is 386 g/mol. The standard InChI is InChI=1S/C21H29N5O4/c1-2-15-3-8-21(9-4-15)19(29)26(20(30)25-21)14-18(28)23-12-7-17(27)24-13-16-5-10-22-11-6-16/h5-6,10-11,15H,2-4,7-9,12-14H2,1H3,(H,23,28)(H,24,27)(H,25,30). The van der Waals surface area contributed by atoms with E-state index in [1.54, 1.807) is 12.4 Å². The summed E-state index contributed by atoms with van der Waals surface area (Å²) >= 11 is 0. The molecule has 0 bridgehead atoms. The van der Waals surface area contributed by atoms with Crippen molar-refractivity contribution in [1.29, 1.82) is 0 Å². The average Bonchev–Trinajstić information content (AvgIpc) is 2.97. The van der Waals surface area contributed by atoms with E-state index in [4.69, 9.17) is 0 Å². The molecule has 1 aromatic rings. The summed E-state index contributed by atoms with van der Waals surface area (Å²) in [6.45, 7) is 2.32. The number of imide groups is 1. The Labute approximate surface area is 176 Å². The molecule has 0 radical (unpaired) electrons. The molecule has 1 saturated carbocycles. The van der Waals surface area contributed by atoms with E-state index < -0.39 is 17.5 Å². The number of hydrogen-bond donors (Lipinski definition) is 3. The van der Waals surface area contributed by atoms with Crippen LogP contribution in [0.25, 0.3) is 0 Å². The molecule has 1 aliphatic heterocycles. The Morgan fingerprint density at radius 2 is 1.87 bits per heavy atom. The van der Waals surface area contributed by atoms with E-state index >= 15 is 0 Å². The van der Waals surface area contributed by atoms with Crippen LogP contribution in [0.2, 0.25) is 0 Å². The third kappa shape index (κ3) is 5.14. The maximum atomic E-state index is 12.8. The fourth-order valence-corrected chi connectivity index (χ4v) is 4.04. The molecule has 30 heavy (non-hydrogen) atoms. The SMILES string of the molecule is CCC1CCC2(CC1)NC(=O)N(CC(=O)NCCC(=O)NCc1ccncc1)C2=O. The molecule has 1 spiro atoms. The normalized spacial score (nSPS) is 23.4. The van der Waals surface area contributed by atoms with Gasteiger partial charge < -0.3 is 16.0 Å². The van der Waals surface area contributed by atoms with Crippen LogP contribution in [-0.4, -0.2) is 52.3 Å². The van der Waals surface area contributed by atoms with Crippen molar-refractivity contribution < 1.29 is 19.2 Å². The summed E-state index contributed by atoms with van der Waals surface area (Å²) in [5.41, 5.74) is 0.0819. The largest absolute Gasteiger partial charge is 0.354 e. The number of aromatic nitrogens is 1. The number of carbonyl (C=O) groups is 4. The zero-order chi connectivity index (χ0) is 21.6. The number of urea groups is 1. The van der Waals surface area contributed by atoms with Crippen molar-refractivity contribution >= 4 is 23.8 Å². The number of nitrogens with zero attached hydrogens (tertiary/aromatic N) is 2. The van der Waals surface area contributed by atoms with Crippen molar-refractivity contribution in [3.8, 4) is 0 Å². The Morgan fingerprint density at radius 1 is 1.17 bits per heavy atom. The molecule has 9 nitrogen and oxygen atoms in total. The van der Waals surface area contributed by atoms with Crippen molar-refractivity contribution in [3.05, 3.63) is 30.1 Å². The molecule has 1 aliphatic carbocycles. The van der Waals surface area contributed by atoms with Crippen LogP contribution < -0.4 is 16.0 Å². The predicted molar refractivity (Wildman–Crippen MR) is 109 cm³/mol. The maximum absolute atomic E-state index is 12.8. The summed E-state index contributed by atoms with van der Waals surface area (Å²) in [5, 5.41) is 8.18. The Bertz CT molecular complexity index is 790. The minimum atomic E-state index is -0.851. The second-order valence-corrected chi connectivity index (χ2v) is 7.99. The number of nitrogens with one attached hydrogen (secondary N) is 3. The van der Waals surface area contributed by atoms with Crippen LogP contribution in [-0.2, 0) is 20.9 Å². The average molecular weight is 415 g/mol. The molecule has 0 aromatic carbocycles. The lowest BCUT2D eigenvalue weighted by Crippen LogP contribution is -2.50. The molecule has 9 heteroatoms. The second-order valence-electron chi connectivity index (χ2n) is 7.99. The highest BCUT2D eigenvalue weighted by Crippen LogP contribution is 2.37. The lowest BCUT2D eigenvalue weighted by molar-refractivity contribution is -0.136. The number of hydrogen-bond acceptors (Lipinski definition) is 5. The molecule has 2 heterocycles. The fourth-order valence-electron chi connectivity index (χ4n) is 4.04. The van der Waals surface area contributed by atoms with E-state index in [0.717, 1.165) is 29.7 Å². The smallest absolute Gasteiger partial charge is 0.325 e. The van der Waals surface area contributed by atoms with E-state index in [-0.39, 0.29) is 31.3 Å². The number of pyridine rings is 1. The maximum Gasteiger partial charge on any atom is 0.325 e. The lowest BCUT2D eigenvalue weighted by atomic mass is 9.75. The van der Waals surface area contributed by atoms with Gasteiger partial charge in [-0.25, -0.2) is 4.79 Å². The molecule has 1 aromatic heterocycles. The highest BCUT2D eigenvalue weighted by Gasteiger charge is 2.52. The lowest BCUT2D eigenvalue weighted by Gasteiger charge is -2.34. The number of rotatable bonds is 8. The van der Waals surface area contributed by atoms with Crippen molar-refractivity contribution in [2.45, 2.75) is 57.5 Å². The molecule has 2 aliphatic rings. The molecule has 3 N–H and O–H groups in total. The molecule has 5 amide bonds. The van der Waals surface area contributed by atoms with E-state index in [2.05, 4.69) is 27.9 Å². The summed E-state index contributed by atoms with van der Waals surface area (Å²) in [5.74, 6) is -0.386. The molecule has 0 unspecified atom stereocenters. The molecule has 1 saturated heterocycles. The molecule has 0 atom stereocenters. The first kappa shape index (κ1) is 21.7. The Hall–Kier alpha value is -2.97. The van der Waals surface area contributed by atoms with Crippen molar-refractivity contribution in [2.75, 3.05) is 13.1 Å². The predicted octanol–water partition coefficient (Wildman–Crippen LogP) is 1.09. The van der Waals surface area contributed by atoms with Gasteiger partial charge in [0.2, 0.25) is 11.8 Å². The topological polar surface area (TPSA) is 120 Å². The van der Waals surface area contributed by atoms with E-state index in [1.807, 2.05) is 12.1 Å². The van der Waals surface area contributed by atoms with Gasteiger partial charge in [-0.3, -0.25) is 24.3 Å². The number of carbonyl (C=O) groups excluding carboxylic acids is 4. The molecule has 3 rings (SSSR count). The highest BCUT2D eigenvalue weighted by molar-refractivity contribution is 6.09. The summed E-state index contributed by atoms with van der Waals surface area (Å²) in [7, 11) is 0. The van der Waals surface area contributed by atoms with Crippen LogP contribution in [0.1, 0.15) is 51.0 Å².